The Labute approximate surface area is 207 Å². The van der Waals surface area contributed by atoms with Crippen LogP contribution in [-0.4, -0.2) is 43.3 Å². The molecule has 1 saturated carbocycles. The van der Waals surface area contributed by atoms with E-state index in [0.717, 1.165) is 50.8 Å². The molecule has 0 amide bonds. The first-order valence-electron chi connectivity index (χ1n) is 12.3. The lowest BCUT2D eigenvalue weighted by molar-refractivity contribution is 0.308. The van der Waals surface area contributed by atoms with Crippen molar-refractivity contribution in [3.05, 3.63) is 72.0 Å². The largest absolute Gasteiger partial charge is 0.383 e. The van der Waals surface area contributed by atoms with E-state index in [2.05, 4.69) is 73.3 Å². The van der Waals surface area contributed by atoms with Crippen LogP contribution < -0.4 is 5.32 Å². The van der Waals surface area contributed by atoms with Gasteiger partial charge in [0.2, 0.25) is 0 Å². The van der Waals surface area contributed by atoms with Crippen molar-refractivity contribution in [2.75, 3.05) is 26.5 Å². The SMILES string of the molecule is C=C/C(=C\N(C)C)c1cccc(-c2nc(NC3CC(C)C3)c(/C(C=NC)=C/C)cc2C)c1.CC. The number of benzene rings is 1. The van der Waals surface area contributed by atoms with Gasteiger partial charge in [-0.15, -0.1) is 0 Å². The Morgan fingerprint density at radius 2 is 1.88 bits per heavy atom. The minimum atomic E-state index is 0.477. The van der Waals surface area contributed by atoms with Gasteiger partial charge < -0.3 is 10.2 Å². The topological polar surface area (TPSA) is 40.5 Å². The van der Waals surface area contributed by atoms with Crippen molar-refractivity contribution in [3.63, 3.8) is 0 Å². The van der Waals surface area contributed by atoms with E-state index >= 15 is 0 Å². The molecule has 1 aromatic carbocycles. The van der Waals surface area contributed by atoms with E-state index in [0.29, 0.717) is 6.04 Å². The van der Waals surface area contributed by atoms with Crippen LogP contribution in [0, 0.1) is 12.8 Å². The van der Waals surface area contributed by atoms with Crippen LogP contribution in [0.5, 0.6) is 0 Å². The van der Waals surface area contributed by atoms with Gasteiger partial charge in [0.15, 0.2) is 0 Å². The predicted molar refractivity (Wildman–Crippen MR) is 151 cm³/mol. The Kier molecular flexibility index (Phi) is 10.3. The van der Waals surface area contributed by atoms with E-state index in [1.54, 1.807) is 0 Å². The van der Waals surface area contributed by atoms with Crippen LogP contribution in [0.25, 0.3) is 22.4 Å². The third kappa shape index (κ3) is 6.69. The maximum absolute atomic E-state index is 5.16. The number of pyridine rings is 1. The van der Waals surface area contributed by atoms with E-state index in [-0.39, 0.29) is 0 Å². The van der Waals surface area contributed by atoms with E-state index in [1.807, 2.05) is 59.1 Å². The van der Waals surface area contributed by atoms with Crippen molar-refractivity contribution in [1.82, 2.24) is 9.88 Å². The van der Waals surface area contributed by atoms with Crippen LogP contribution in [-0.2, 0) is 0 Å². The van der Waals surface area contributed by atoms with Gasteiger partial charge in [0.1, 0.15) is 5.82 Å². The molecule has 0 unspecified atom stereocenters. The van der Waals surface area contributed by atoms with Crippen molar-refractivity contribution < 1.29 is 0 Å². The fraction of sp³-hybridized carbons (Fsp3) is 0.400. The summed E-state index contributed by atoms with van der Waals surface area (Å²) in [6, 6.07) is 11.3. The van der Waals surface area contributed by atoms with E-state index in [1.165, 1.54) is 12.8 Å². The van der Waals surface area contributed by atoms with Crippen molar-refractivity contribution in [1.29, 1.82) is 0 Å². The van der Waals surface area contributed by atoms with Crippen molar-refractivity contribution in [3.8, 4) is 11.3 Å². The van der Waals surface area contributed by atoms with Crippen LogP contribution in [0.3, 0.4) is 0 Å². The first kappa shape index (κ1) is 27.1. The lowest BCUT2D eigenvalue weighted by Crippen LogP contribution is -2.34. The second kappa shape index (κ2) is 12.9. The number of anilines is 1. The quantitative estimate of drug-likeness (QED) is 0.329. The van der Waals surface area contributed by atoms with E-state index < -0.39 is 0 Å². The summed E-state index contributed by atoms with van der Waals surface area (Å²) in [6.45, 7) is 14.5. The third-order valence-electron chi connectivity index (χ3n) is 5.90. The van der Waals surface area contributed by atoms with Crippen molar-refractivity contribution >= 4 is 23.2 Å². The number of nitrogens with one attached hydrogen (secondary N) is 1. The summed E-state index contributed by atoms with van der Waals surface area (Å²) in [5.74, 6) is 1.71. The Morgan fingerprint density at radius 3 is 2.44 bits per heavy atom. The minimum absolute atomic E-state index is 0.477. The number of allylic oxidation sites excluding steroid dienone is 4. The van der Waals surface area contributed by atoms with E-state index in [4.69, 9.17) is 4.98 Å². The van der Waals surface area contributed by atoms with Crippen LogP contribution >= 0.6 is 0 Å². The molecule has 4 nitrogen and oxygen atoms in total. The lowest BCUT2D eigenvalue weighted by Gasteiger charge is -2.34. The summed E-state index contributed by atoms with van der Waals surface area (Å²) in [7, 11) is 5.85. The number of rotatable bonds is 8. The lowest BCUT2D eigenvalue weighted by atomic mass is 9.82. The average molecular weight is 459 g/mol. The smallest absolute Gasteiger partial charge is 0.134 e. The highest BCUT2D eigenvalue weighted by atomic mass is 15.0. The molecule has 1 aromatic heterocycles. The monoisotopic (exact) mass is 458 g/mol. The summed E-state index contributed by atoms with van der Waals surface area (Å²) < 4.78 is 0. The molecule has 0 atom stereocenters. The fourth-order valence-electron chi connectivity index (χ4n) is 4.26. The van der Waals surface area contributed by atoms with Crippen molar-refractivity contribution in [2.24, 2.45) is 10.9 Å². The molecule has 182 valence electrons. The summed E-state index contributed by atoms with van der Waals surface area (Å²) in [5, 5.41) is 3.71. The Balaban J connectivity index is 0.00000199. The number of nitrogens with zero attached hydrogens (tertiary/aromatic N) is 3. The van der Waals surface area contributed by atoms with Gasteiger partial charge in [0.25, 0.3) is 0 Å². The standard InChI is InChI=1S/C28H36N4.C2H6/c1-8-21(17-29-5)26-15-20(4)27(31-28(26)30-25-13-19(3)14-25)24-12-10-11-23(16-24)22(9-2)18-32(6)7;1-2/h8-12,15-19,25H,2,13-14H2,1,3-7H3,(H,30,31);1-2H3/b21-8+,22-18+,29-17?;. The summed E-state index contributed by atoms with van der Waals surface area (Å²) >= 11 is 0. The maximum Gasteiger partial charge on any atom is 0.134 e. The summed E-state index contributed by atoms with van der Waals surface area (Å²) in [4.78, 5) is 11.5. The van der Waals surface area contributed by atoms with Gasteiger partial charge in [0.05, 0.1) is 5.69 Å². The molecule has 4 heteroatoms. The van der Waals surface area contributed by atoms with E-state index in [9.17, 15) is 0 Å². The van der Waals surface area contributed by atoms with Gasteiger partial charge in [-0.05, 0) is 67.0 Å². The van der Waals surface area contributed by atoms with Gasteiger partial charge in [-0.3, -0.25) is 4.99 Å². The van der Waals surface area contributed by atoms with Gasteiger partial charge in [-0.2, -0.15) is 0 Å². The molecule has 2 aromatic rings. The summed E-state index contributed by atoms with van der Waals surface area (Å²) in [6.07, 6.45) is 10.4. The van der Waals surface area contributed by atoms with Gasteiger partial charge >= 0.3 is 0 Å². The molecule has 34 heavy (non-hydrogen) atoms. The highest BCUT2D eigenvalue weighted by molar-refractivity contribution is 6.11. The number of aliphatic imine (C=N–C) groups is 1. The molecule has 1 heterocycles. The first-order chi connectivity index (χ1) is 16.4. The predicted octanol–water partition coefficient (Wildman–Crippen LogP) is 7.49. The molecule has 1 aliphatic rings. The molecule has 0 aliphatic heterocycles. The Morgan fingerprint density at radius 1 is 1.18 bits per heavy atom. The Bertz CT molecular complexity index is 1050. The second-order valence-electron chi connectivity index (χ2n) is 8.93. The normalized spacial score (nSPS) is 18.1. The molecule has 3 rings (SSSR count). The number of hydrogen-bond donors (Lipinski definition) is 1. The number of aryl methyl sites for hydroxylation is 1. The molecule has 0 saturated heterocycles. The molecule has 1 N–H and O–H groups in total. The molecule has 0 bridgehead atoms. The van der Waals surface area contributed by atoms with Crippen LogP contribution in [0.2, 0.25) is 0 Å². The summed E-state index contributed by atoms with van der Waals surface area (Å²) in [5.41, 5.74) is 7.66. The van der Waals surface area contributed by atoms with Gasteiger partial charge in [0, 0.05) is 50.7 Å². The fourth-order valence-corrected chi connectivity index (χ4v) is 4.26. The van der Waals surface area contributed by atoms with Crippen LogP contribution in [0.15, 0.2) is 60.3 Å². The first-order valence-corrected chi connectivity index (χ1v) is 12.3. The number of hydrogen-bond acceptors (Lipinski definition) is 4. The zero-order valence-corrected chi connectivity index (χ0v) is 22.3. The third-order valence-corrected chi connectivity index (χ3v) is 5.90. The number of aromatic nitrogens is 1. The second-order valence-corrected chi connectivity index (χ2v) is 8.93. The Hall–Kier alpha value is -3.14. The molecular weight excluding hydrogens is 416 g/mol. The maximum atomic E-state index is 5.16. The van der Waals surface area contributed by atoms with Crippen molar-refractivity contribution in [2.45, 2.75) is 53.5 Å². The minimum Gasteiger partial charge on any atom is -0.383 e. The zero-order chi connectivity index (χ0) is 25.3. The highest BCUT2D eigenvalue weighted by Crippen LogP contribution is 2.34. The molecule has 1 aliphatic carbocycles. The molecule has 1 fully saturated rings. The highest BCUT2D eigenvalue weighted by Gasteiger charge is 2.26. The molecule has 0 spiro atoms. The average Bonchev–Trinajstić information content (AvgIpc) is 2.82. The van der Waals surface area contributed by atoms with Gasteiger partial charge in [-0.1, -0.05) is 57.7 Å². The zero-order valence-electron chi connectivity index (χ0n) is 22.3. The molecule has 0 radical (unpaired) electrons. The van der Waals surface area contributed by atoms with Crippen LogP contribution in [0.1, 0.15) is 57.2 Å². The molecular formula is C30H42N4. The van der Waals surface area contributed by atoms with Crippen LogP contribution in [0.4, 0.5) is 5.82 Å². The van der Waals surface area contributed by atoms with Gasteiger partial charge in [-0.25, -0.2) is 4.98 Å².